The molecule has 3 aromatic rings. The average molecular weight is 308 g/mol. The molecule has 1 heterocycles. The van der Waals surface area contributed by atoms with E-state index in [-0.39, 0.29) is 5.56 Å². The van der Waals surface area contributed by atoms with Gasteiger partial charge in [-0.25, -0.2) is 4.98 Å². The summed E-state index contributed by atoms with van der Waals surface area (Å²) in [5.74, 6) is 0. The second-order valence-corrected chi connectivity index (χ2v) is 5.73. The van der Waals surface area contributed by atoms with Gasteiger partial charge in [0.1, 0.15) is 0 Å². The molecule has 0 saturated carbocycles. The molecule has 2 aromatic carbocycles. The Labute approximate surface area is 133 Å². The van der Waals surface area contributed by atoms with Crippen LogP contribution in [0.5, 0.6) is 0 Å². The normalized spacial score (nSPS) is 10.6. The second-order valence-electron chi connectivity index (χ2n) is 4.95. The molecule has 0 aliphatic rings. The molecule has 3 rings (SSSR count). The first-order valence-corrected chi connectivity index (χ1v) is 8.22. The third-order valence-electron chi connectivity index (χ3n) is 3.50. The Morgan fingerprint density at radius 1 is 1.00 bits per heavy atom. The molecule has 110 valence electrons. The quantitative estimate of drug-likeness (QED) is 0.543. The van der Waals surface area contributed by atoms with E-state index in [4.69, 9.17) is 0 Å². The van der Waals surface area contributed by atoms with Crippen LogP contribution in [0.15, 0.2) is 70.6 Å². The van der Waals surface area contributed by atoms with Crippen molar-refractivity contribution in [1.82, 2.24) is 9.55 Å². The molecule has 1 aromatic heterocycles. The maximum Gasteiger partial charge on any atom is 0.259 e. The predicted molar refractivity (Wildman–Crippen MR) is 91.8 cm³/mol. The Bertz CT molecular complexity index is 856. The summed E-state index contributed by atoms with van der Waals surface area (Å²) in [7, 11) is 0. The molecule has 0 atom stereocenters. The Balaban J connectivity index is 2.22. The molecule has 4 heteroatoms. The lowest BCUT2D eigenvalue weighted by Crippen LogP contribution is -2.21. The van der Waals surface area contributed by atoms with Crippen LogP contribution in [-0.2, 0) is 0 Å². The number of benzene rings is 2. The van der Waals surface area contributed by atoms with Crippen LogP contribution in [0.4, 0.5) is 0 Å². The number of thioether (sulfide) groups is 1. The van der Waals surface area contributed by atoms with Crippen LogP contribution < -0.4 is 5.56 Å². The van der Waals surface area contributed by atoms with E-state index in [1.54, 1.807) is 10.6 Å². The minimum absolute atomic E-state index is 0.0625. The molecule has 0 saturated heterocycles. The van der Waals surface area contributed by atoms with Gasteiger partial charge >= 0.3 is 0 Å². The number of aromatic nitrogens is 2. The fourth-order valence-electron chi connectivity index (χ4n) is 2.39. The number of aryl methyl sites for hydroxylation is 1. The third-order valence-corrected chi connectivity index (χ3v) is 4.14. The zero-order valence-electron chi connectivity index (χ0n) is 12.5. The van der Waals surface area contributed by atoms with Gasteiger partial charge in [0.05, 0.1) is 11.4 Å². The van der Waals surface area contributed by atoms with Crippen molar-refractivity contribution in [1.29, 1.82) is 0 Å². The molecule has 0 fully saturated rings. The van der Waals surface area contributed by atoms with E-state index in [1.165, 1.54) is 11.8 Å². The van der Waals surface area contributed by atoms with Gasteiger partial charge in [-0.05, 0) is 24.8 Å². The van der Waals surface area contributed by atoms with Crippen LogP contribution in [0.3, 0.4) is 0 Å². The highest BCUT2D eigenvalue weighted by Crippen LogP contribution is 2.22. The van der Waals surface area contributed by atoms with Crippen molar-refractivity contribution < 1.29 is 0 Å². The van der Waals surface area contributed by atoms with Gasteiger partial charge in [0.25, 0.3) is 5.56 Å². The molecule has 22 heavy (non-hydrogen) atoms. The van der Waals surface area contributed by atoms with Gasteiger partial charge in [-0.2, -0.15) is 0 Å². The second kappa shape index (κ2) is 6.20. The molecule has 0 aliphatic heterocycles. The van der Waals surface area contributed by atoms with Crippen molar-refractivity contribution in [3.05, 3.63) is 76.6 Å². The summed E-state index contributed by atoms with van der Waals surface area (Å²) in [4.78, 5) is 17.3. The number of hydrogen-bond donors (Lipinski definition) is 0. The van der Waals surface area contributed by atoms with Crippen molar-refractivity contribution in [3.8, 4) is 16.9 Å². The molecule has 0 spiro atoms. The SMILES string of the molecule is CSc1nc(-c2ccccc2)cc(=O)n1-c1ccccc1C. The van der Waals surface area contributed by atoms with Gasteiger partial charge in [0.2, 0.25) is 0 Å². The molecule has 0 bridgehead atoms. The van der Waals surface area contributed by atoms with E-state index < -0.39 is 0 Å². The minimum atomic E-state index is -0.0625. The van der Waals surface area contributed by atoms with Crippen molar-refractivity contribution in [2.24, 2.45) is 0 Å². The van der Waals surface area contributed by atoms with Gasteiger partial charge in [0.15, 0.2) is 5.16 Å². The number of para-hydroxylation sites is 1. The molecular weight excluding hydrogens is 292 g/mol. The van der Waals surface area contributed by atoms with Crippen LogP contribution in [0.1, 0.15) is 5.56 Å². The van der Waals surface area contributed by atoms with Crippen LogP contribution in [0.25, 0.3) is 16.9 Å². The monoisotopic (exact) mass is 308 g/mol. The topological polar surface area (TPSA) is 34.9 Å². The summed E-state index contributed by atoms with van der Waals surface area (Å²) in [5.41, 5.74) is 3.53. The van der Waals surface area contributed by atoms with Crippen LogP contribution >= 0.6 is 11.8 Å². The van der Waals surface area contributed by atoms with Crippen molar-refractivity contribution in [2.75, 3.05) is 6.26 Å². The van der Waals surface area contributed by atoms with E-state index in [2.05, 4.69) is 4.98 Å². The van der Waals surface area contributed by atoms with E-state index in [0.717, 1.165) is 16.8 Å². The molecule has 0 N–H and O–H groups in total. The Hall–Kier alpha value is -2.33. The smallest absolute Gasteiger partial charge is 0.259 e. The fraction of sp³-hybridized carbons (Fsp3) is 0.111. The predicted octanol–water partition coefficient (Wildman–Crippen LogP) is 3.93. The highest BCUT2D eigenvalue weighted by Gasteiger charge is 2.12. The van der Waals surface area contributed by atoms with Gasteiger partial charge in [-0.1, -0.05) is 60.3 Å². The highest BCUT2D eigenvalue weighted by atomic mass is 32.2. The Morgan fingerprint density at radius 2 is 1.68 bits per heavy atom. The van der Waals surface area contributed by atoms with E-state index in [9.17, 15) is 4.79 Å². The van der Waals surface area contributed by atoms with E-state index >= 15 is 0 Å². The lowest BCUT2D eigenvalue weighted by molar-refractivity contribution is 0.797. The largest absolute Gasteiger partial charge is 0.269 e. The van der Waals surface area contributed by atoms with E-state index in [1.807, 2.05) is 67.8 Å². The maximum absolute atomic E-state index is 12.7. The van der Waals surface area contributed by atoms with Crippen molar-refractivity contribution in [3.63, 3.8) is 0 Å². The lowest BCUT2D eigenvalue weighted by Gasteiger charge is -2.13. The molecule has 0 radical (unpaired) electrons. The van der Waals surface area contributed by atoms with Crippen LogP contribution in [-0.4, -0.2) is 15.8 Å². The summed E-state index contributed by atoms with van der Waals surface area (Å²) in [6, 6.07) is 19.2. The molecule has 0 amide bonds. The standard InChI is InChI=1S/C18H16N2OS/c1-13-8-6-7-11-16(13)20-17(21)12-15(19-18(20)22-2)14-9-4-3-5-10-14/h3-12H,1-2H3. The summed E-state index contributed by atoms with van der Waals surface area (Å²) < 4.78 is 1.67. The van der Waals surface area contributed by atoms with Crippen molar-refractivity contribution in [2.45, 2.75) is 12.1 Å². The fourth-order valence-corrected chi connectivity index (χ4v) is 2.95. The molecular formula is C18H16N2OS. The van der Waals surface area contributed by atoms with Gasteiger partial charge in [-0.3, -0.25) is 9.36 Å². The first-order valence-electron chi connectivity index (χ1n) is 7.00. The van der Waals surface area contributed by atoms with Crippen molar-refractivity contribution >= 4 is 11.8 Å². The summed E-state index contributed by atoms with van der Waals surface area (Å²) in [5, 5.41) is 0.695. The third kappa shape index (κ3) is 2.70. The summed E-state index contributed by atoms with van der Waals surface area (Å²) in [6.45, 7) is 2.00. The van der Waals surface area contributed by atoms with Gasteiger partial charge in [0, 0.05) is 11.6 Å². The van der Waals surface area contributed by atoms with Gasteiger partial charge < -0.3 is 0 Å². The lowest BCUT2D eigenvalue weighted by atomic mass is 10.1. The average Bonchev–Trinajstić information content (AvgIpc) is 2.56. The zero-order valence-corrected chi connectivity index (χ0v) is 13.3. The first kappa shape index (κ1) is 14.6. The summed E-state index contributed by atoms with van der Waals surface area (Å²) >= 11 is 1.47. The molecule has 3 nitrogen and oxygen atoms in total. The number of hydrogen-bond acceptors (Lipinski definition) is 3. The Morgan fingerprint density at radius 3 is 2.36 bits per heavy atom. The van der Waals surface area contributed by atoms with Gasteiger partial charge in [-0.15, -0.1) is 0 Å². The maximum atomic E-state index is 12.7. The van der Waals surface area contributed by atoms with E-state index in [0.29, 0.717) is 10.9 Å². The zero-order chi connectivity index (χ0) is 15.5. The molecule has 0 unspecified atom stereocenters. The number of rotatable bonds is 3. The van der Waals surface area contributed by atoms with Crippen LogP contribution in [0, 0.1) is 6.92 Å². The first-order chi connectivity index (χ1) is 10.7. The molecule has 0 aliphatic carbocycles. The number of nitrogens with zero attached hydrogens (tertiary/aromatic N) is 2. The Kier molecular flexibility index (Phi) is 4.11. The highest BCUT2D eigenvalue weighted by molar-refractivity contribution is 7.98. The summed E-state index contributed by atoms with van der Waals surface area (Å²) in [6.07, 6.45) is 1.94. The van der Waals surface area contributed by atoms with Crippen LogP contribution in [0.2, 0.25) is 0 Å². The minimum Gasteiger partial charge on any atom is -0.269 e.